The van der Waals surface area contributed by atoms with Gasteiger partial charge in [0.05, 0.1) is 5.41 Å². The molecule has 1 unspecified atom stereocenters. The molecular formula is C15H22N2OS. The second kappa shape index (κ2) is 5.63. The number of carbonyl (C=O) groups excluding carboxylic acids is 1. The summed E-state index contributed by atoms with van der Waals surface area (Å²) in [4.78, 5) is 14.1. The number of carbonyl (C=O) groups is 1. The lowest BCUT2D eigenvalue weighted by molar-refractivity contribution is -0.128. The van der Waals surface area contributed by atoms with Crippen molar-refractivity contribution in [3.05, 3.63) is 22.4 Å². The molecule has 4 heteroatoms. The molecule has 1 aliphatic carbocycles. The van der Waals surface area contributed by atoms with Crippen molar-refractivity contribution < 1.29 is 4.79 Å². The van der Waals surface area contributed by atoms with Gasteiger partial charge in [-0.3, -0.25) is 4.79 Å². The summed E-state index contributed by atoms with van der Waals surface area (Å²) in [5.74, 6) is 0.267. The number of rotatable bonds is 3. The van der Waals surface area contributed by atoms with Gasteiger partial charge in [0.25, 0.3) is 0 Å². The minimum atomic E-state index is -0.241. The van der Waals surface area contributed by atoms with Gasteiger partial charge in [0.1, 0.15) is 0 Å². The number of thiophene rings is 1. The summed E-state index contributed by atoms with van der Waals surface area (Å²) in [5.41, 5.74) is -0.241. The lowest BCUT2D eigenvalue weighted by Gasteiger charge is -2.36. The highest BCUT2D eigenvalue weighted by atomic mass is 32.1. The predicted molar refractivity (Wildman–Crippen MR) is 78.5 cm³/mol. The second-order valence-corrected chi connectivity index (χ2v) is 6.73. The van der Waals surface area contributed by atoms with E-state index in [0.29, 0.717) is 6.04 Å². The SMILES string of the molecule is O=C(NC1CCNC1)C1(c2cccs2)CCCCC1. The Kier molecular flexibility index (Phi) is 3.89. The maximum absolute atomic E-state index is 12.8. The molecule has 1 aromatic rings. The summed E-state index contributed by atoms with van der Waals surface area (Å²) in [6.45, 7) is 1.95. The standard InChI is InChI=1S/C15H22N2OS/c18-14(17-12-6-9-16-11-12)15(7-2-1-3-8-15)13-5-4-10-19-13/h4-5,10,12,16H,1-3,6-9,11H2,(H,17,18). The largest absolute Gasteiger partial charge is 0.351 e. The first-order valence-electron chi connectivity index (χ1n) is 7.37. The Bertz CT molecular complexity index is 417. The van der Waals surface area contributed by atoms with E-state index in [2.05, 4.69) is 28.1 Å². The van der Waals surface area contributed by atoms with E-state index in [1.165, 1.54) is 24.1 Å². The Morgan fingerprint density at radius 2 is 2.21 bits per heavy atom. The highest BCUT2D eigenvalue weighted by molar-refractivity contribution is 7.10. The normalized spacial score (nSPS) is 26.2. The fourth-order valence-corrected chi connectivity index (χ4v) is 4.38. The van der Waals surface area contributed by atoms with Gasteiger partial charge >= 0.3 is 0 Å². The van der Waals surface area contributed by atoms with Gasteiger partial charge in [0.2, 0.25) is 5.91 Å². The maximum atomic E-state index is 12.8. The number of amides is 1. The van der Waals surface area contributed by atoms with Crippen LogP contribution in [-0.4, -0.2) is 25.0 Å². The van der Waals surface area contributed by atoms with E-state index in [9.17, 15) is 4.79 Å². The average molecular weight is 278 g/mol. The van der Waals surface area contributed by atoms with Crippen molar-refractivity contribution in [2.45, 2.75) is 50.0 Å². The van der Waals surface area contributed by atoms with Crippen LogP contribution in [0.3, 0.4) is 0 Å². The third-order valence-electron chi connectivity index (χ3n) is 4.53. The van der Waals surface area contributed by atoms with Crippen LogP contribution in [0.15, 0.2) is 17.5 Å². The molecule has 3 nitrogen and oxygen atoms in total. The van der Waals surface area contributed by atoms with Gasteiger partial charge in [-0.2, -0.15) is 0 Å². The molecule has 1 atom stereocenters. The lowest BCUT2D eigenvalue weighted by Crippen LogP contribution is -2.49. The average Bonchev–Trinajstić information content (AvgIpc) is 3.12. The molecule has 2 heterocycles. The first kappa shape index (κ1) is 13.1. The molecule has 0 bridgehead atoms. The van der Waals surface area contributed by atoms with Crippen LogP contribution in [0.25, 0.3) is 0 Å². The van der Waals surface area contributed by atoms with E-state index in [1.54, 1.807) is 11.3 Å². The summed E-state index contributed by atoms with van der Waals surface area (Å²) in [5, 5.41) is 8.69. The summed E-state index contributed by atoms with van der Waals surface area (Å²) in [6, 6.07) is 4.54. The van der Waals surface area contributed by atoms with Gasteiger partial charge in [-0.1, -0.05) is 25.3 Å². The molecule has 19 heavy (non-hydrogen) atoms. The molecule has 1 saturated carbocycles. The third kappa shape index (κ3) is 2.56. The van der Waals surface area contributed by atoms with Crippen LogP contribution < -0.4 is 10.6 Å². The van der Waals surface area contributed by atoms with E-state index in [4.69, 9.17) is 0 Å². The highest BCUT2D eigenvalue weighted by Crippen LogP contribution is 2.41. The van der Waals surface area contributed by atoms with Crippen molar-refractivity contribution in [3.63, 3.8) is 0 Å². The van der Waals surface area contributed by atoms with E-state index >= 15 is 0 Å². The first-order valence-corrected chi connectivity index (χ1v) is 8.25. The van der Waals surface area contributed by atoms with Crippen molar-refractivity contribution in [1.29, 1.82) is 0 Å². The first-order chi connectivity index (χ1) is 9.31. The van der Waals surface area contributed by atoms with Crippen LogP contribution in [0.2, 0.25) is 0 Å². The van der Waals surface area contributed by atoms with Crippen molar-refractivity contribution >= 4 is 17.2 Å². The maximum Gasteiger partial charge on any atom is 0.231 e. The summed E-state index contributed by atoms with van der Waals surface area (Å²) in [7, 11) is 0. The van der Waals surface area contributed by atoms with E-state index in [-0.39, 0.29) is 11.3 Å². The molecular weight excluding hydrogens is 256 g/mol. The molecule has 2 fully saturated rings. The van der Waals surface area contributed by atoms with E-state index in [0.717, 1.165) is 32.4 Å². The van der Waals surface area contributed by atoms with Crippen molar-refractivity contribution in [1.82, 2.24) is 10.6 Å². The fourth-order valence-electron chi connectivity index (χ4n) is 3.39. The molecule has 1 aromatic heterocycles. The van der Waals surface area contributed by atoms with Gasteiger partial charge in [-0.15, -0.1) is 11.3 Å². The molecule has 0 radical (unpaired) electrons. The Labute approximate surface area is 118 Å². The second-order valence-electron chi connectivity index (χ2n) is 5.78. The number of nitrogens with one attached hydrogen (secondary N) is 2. The smallest absolute Gasteiger partial charge is 0.231 e. The molecule has 104 valence electrons. The molecule has 2 aliphatic rings. The van der Waals surface area contributed by atoms with Gasteiger partial charge in [0, 0.05) is 17.5 Å². The number of hydrogen-bond donors (Lipinski definition) is 2. The van der Waals surface area contributed by atoms with Gasteiger partial charge in [-0.25, -0.2) is 0 Å². The zero-order valence-electron chi connectivity index (χ0n) is 11.3. The van der Waals surface area contributed by atoms with Crippen molar-refractivity contribution in [2.75, 3.05) is 13.1 Å². The number of hydrogen-bond acceptors (Lipinski definition) is 3. The third-order valence-corrected chi connectivity index (χ3v) is 5.60. The van der Waals surface area contributed by atoms with Gasteiger partial charge in [0.15, 0.2) is 0 Å². The Balaban J connectivity index is 1.80. The van der Waals surface area contributed by atoms with Crippen LogP contribution in [0.4, 0.5) is 0 Å². The topological polar surface area (TPSA) is 41.1 Å². The van der Waals surface area contributed by atoms with Crippen LogP contribution in [0.1, 0.15) is 43.4 Å². The molecule has 1 saturated heterocycles. The molecule has 2 N–H and O–H groups in total. The van der Waals surface area contributed by atoms with Gasteiger partial charge < -0.3 is 10.6 Å². The summed E-state index contributed by atoms with van der Waals surface area (Å²) >= 11 is 1.74. The summed E-state index contributed by atoms with van der Waals surface area (Å²) in [6.07, 6.45) is 6.71. The van der Waals surface area contributed by atoms with Crippen LogP contribution in [0.5, 0.6) is 0 Å². The van der Waals surface area contributed by atoms with Crippen LogP contribution >= 0.6 is 11.3 Å². The predicted octanol–water partition coefficient (Wildman–Crippen LogP) is 2.43. The highest BCUT2D eigenvalue weighted by Gasteiger charge is 2.42. The Morgan fingerprint density at radius 3 is 2.84 bits per heavy atom. The van der Waals surface area contributed by atoms with Gasteiger partial charge in [-0.05, 0) is 37.3 Å². The molecule has 1 aliphatic heterocycles. The van der Waals surface area contributed by atoms with Crippen LogP contribution in [0, 0.1) is 0 Å². The zero-order valence-corrected chi connectivity index (χ0v) is 12.1. The Hall–Kier alpha value is -0.870. The van der Waals surface area contributed by atoms with Crippen molar-refractivity contribution in [2.24, 2.45) is 0 Å². The monoisotopic (exact) mass is 278 g/mol. The van der Waals surface area contributed by atoms with Crippen LogP contribution in [-0.2, 0) is 10.2 Å². The minimum absolute atomic E-state index is 0.241. The quantitative estimate of drug-likeness (QED) is 0.891. The molecule has 3 rings (SSSR count). The van der Waals surface area contributed by atoms with Crippen molar-refractivity contribution in [3.8, 4) is 0 Å². The van der Waals surface area contributed by atoms with E-state index in [1.807, 2.05) is 0 Å². The summed E-state index contributed by atoms with van der Waals surface area (Å²) < 4.78 is 0. The molecule has 0 spiro atoms. The fraction of sp³-hybridized carbons (Fsp3) is 0.667. The Morgan fingerprint density at radius 1 is 1.37 bits per heavy atom. The minimum Gasteiger partial charge on any atom is -0.351 e. The zero-order chi connectivity index (χ0) is 13.1. The molecule has 0 aromatic carbocycles. The molecule has 1 amide bonds. The van der Waals surface area contributed by atoms with E-state index < -0.39 is 0 Å². The lowest BCUT2D eigenvalue weighted by atomic mass is 9.72.